The Hall–Kier alpha value is -0.211. The van der Waals surface area contributed by atoms with Crippen LogP contribution in [0.15, 0.2) is 4.99 Å². The molecule has 0 unspecified atom stereocenters. The fraction of sp³-hybridized carbons (Fsp3) is 0.889. The molecule has 0 saturated carbocycles. The summed E-state index contributed by atoms with van der Waals surface area (Å²) in [5.74, 6) is 0.958. The van der Waals surface area contributed by atoms with Gasteiger partial charge in [0.1, 0.15) is 0 Å². The molecule has 82 valence electrons. The van der Waals surface area contributed by atoms with Gasteiger partial charge in [-0.2, -0.15) is 0 Å². The summed E-state index contributed by atoms with van der Waals surface area (Å²) < 4.78 is 0. The standard InChI is InChI=1S/C9H21N3.Cu/c1-7(2)10-9(12(5)6)11-8(3)4;/h7-8H,1-6H3,(H,10,11);/q;+1. The average Bonchev–Trinajstić information content (AvgIpc) is 1.83. The zero-order valence-corrected chi connectivity index (χ0v) is 10.3. The Bertz CT molecular complexity index is 153. The zero-order valence-electron chi connectivity index (χ0n) is 9.35. The first-order valence-corrected chi connectivity index (χ1v) is 4.45. The van der Waals surface area contributed by atoms with E-state index in [4.69, 9.17) is 0 Å². The average molecular weight is 235 g/mol. The molecule has 0 rings (SSSR count). The SMILES string of the molecule is CC(C)N=C(NC(C)C)N(C)C.[Cu+]. The van der Waals surface area contributed by atoms with Crippen molar-refractivity contribution in [1.82, 2.24) is 10.2 Å². The van der Waals surface area contributed by atoms with Crippen molar-refractivity contribution in [2.24, 2.45) is 4.99 Å². The third-order valence-corrected chi connectivity index (χ3v) is 1.22. The van der Waals surface area contributed by atoms with Gasteiger partial charge >= 0.3 is 17.1 Å². The molecule has 0 amide bonds. The van der Waals surface area contributed by atoms with Crippen LogP contribution in [0.25, 0.3) is 0 Å². The Kier molecular flexibility index (Phi) is 8.48. The predicted molar refractivity (Wildman–Crippen MR) is 54.5 cm³/mol. The van der Waals surface area contributed by atoms with E-state index in [0.29, 0.717) is 12.1 Å². The minimum absolute atomic E-state index is 0. The monoisotopic (exact) mass is 234 g/mol. The summed E-state index contributed by atoms with van der Waals surface area (Å²) in [5, 5.41) is 3.29. The largest absolute Gasteiger partial charge is 1.00 e. The fourth-order valence-electron chi connectivity index (χ4n) is 0.785. The number of nitrogens with one attached hydrogen (secondary N) is 1. The van der Waals surface area contributed by atoms with Gasteiger partial charge < -0.3 is 10.2 Å². The van der Waals surface area contributed by atoms with E-state index in [-0.39, 0.29) is 17.1 Å². The Morgan fingerprint density at radius 2 is 1.62 bits per heavy atom. The van der Waals surface area contributed by atoms with Gasteiger partial charge in [0.2, 0.25) is 0 Å². The van der Waals surface area contributed by atoms with E-state index in [9.17, 15) is 0 Å². The van der Waals surface area contributed by atoms with Gasteiger partial charge in [-0.3, -0.25) is 4.99 Å². The second kappa shape index (κ2) is 7.22. The smallest absolute Gasteiger partial charge is 0.354 e. The molecule has 0 aliphatic heterocycles. The summed E-state index contributed by atoms with van der Waals surface area (Å²) in [7, 11) is 3.99. The Morgan fingerprint density at radius 1 is 1.15 bits per heavy atom. The van der Waals surface area contributed by atoms with Crippen molar-refractivity contribution in [2.75, 3.05) is 14.1 Å². The van der Waals surface area contributed by atoms with Crippen LogP contribution in [0, 0.1) is 0 Å². The number of hydrogen-bond acceptors (Lipinski definition) is 1. The van der Waals surface area contributed by atoms with Gasteiger partial charge in [-0.1, -0.05) is 0 Å². The van der Waals surface area contributed by atoms with Crippen molar-refractivity contribution < 1.29 is 17.1 Å². The first-order valence-electron chi connectivity index (χ1n) is 4.45. The number of rotatable bonds is 2. The van der Waals surface area contributed by atoms with Crippen LogP contribution < -0.4 is 5.32 Å². The first-order chi connectivity index (χ1) is 5.43. The fourth-order valence-corrected chi connectivity index (χ4v) is 0.785. The van der Waals surface area contributed by atoms with E-state index in [1.807, 2.05) is 19.0 Å². The van der Waals surface area contributed by atoms with Gasteiger partial charge in [0.25, 0.3) is 0 Å². The zero-order chi connectivity index (χ0) is 9.72. The molecule has 0 aromatic rings. The van der Waals surface area contributed by atoms with E-state index < -0.39 is 0 Å². The topological polar surface area (TPSA) is 27.6 Å². The third-order valence-electron chi connectivity index (χ3n) is 1.22. The molecule has 0 bridgehead atoms. The minimum atomic E-state index is 0. The minimum Gasteiger partial charge on any atom is -0.354 e. The molecule has 0 aromatic heterocycles. The number of aliphatic imine (C=N–C) groups is 1. The Morgan fingerprint density at radius 3 is 1.85 bits per heavy atom. The second-order valence-corrected chi connectivity index (χ2v) is 3.74. The van der Waals surface area contributed by atoms with Gasteiger partial charge in [0.05, 0.1) is 0 Å². The first kappa shape index (κ1) is 15.3. The summed E-state index contributed by atoms with van der Waals surface area (Å²) in [6.45, 7) is 8.37. The molecule has 0 aliphatic rings. The van der Waals surface area contributed by atoms with Gasteiger partial charge in [-0.15, -0.1) is 0 Å². The van der Waals surface area contributed by atoms with Crippen molar-refractivity contribution in [1.29, 1.82) is 0 Å². The summed E-state index contributed by atoms with van der Waals surface area (Å²) in [6.07, 6.45) is 0. The van der Waals surface area contributed by atoms with E-state index in [1.165, 1.54) is 0 Å². The normalized spacial score (nSPS) is 11.5. The molecule has 0 atom stereocenters. The molecule has 3 nitrogen and oxygen atoms in total. The molecule has 0 spiro atoms. The molecule has 0 saturated heterocycles. The second-order valence-electron chi connectivity index (χ2n) is 3.74. The number of guanidine groups is 1. The summed E-state index contributed by atoms with van der Waals surface area (Å²) in [4.78, 5) is 6.45. The van der Waals surface area contributed by atoms with Crippen molar-refractivity contribution >= 4 is 5.96 Å². The van der Waals surface area contributed by atoms with Crippen LogP contribution in [-0.4, -0.2) is 37.0 Å². The third kappa shape index (κ3) is 8.13. The van der Waals surface area contributed by atoms with Gasteiger partial charge in [0.15, 0.2) is 5.96 Å². The molecule has 4 heteroatoms. The molecule has 0 fully saturated rings. The molecule has 1 N–H and O–H groups in total. The van der Waals surface area contributed by atoms with Crippen molar-refractivity contribution in [3.63, 3.8) is 0 Å². The quantitative estimate of drug-likeness (QED) is 0.443. The van der Waals surface area contributed by atoms with Crippen LogP contribution in [0.3, 0.4) is 0 Å². The number of nitrogens with zero attached hydrogens (tertiary/aromatic N) is 2. The van der Waals surface area contributed by atoms with Crippen LogP contribution in [0.1, 0.15) is 27.7 Å². The molecular weight excluding hydrogens is 214 g/mol. The summed E-state index contributed by atoms with van der Waals surface area (Å²) >= 11 is 0. The molecular formula is C9H21CuN3+. The summed E-state index contributed by atoms with van der Waals surface area (Å²) in [5.41, 5.74) is 0. The van der Waals surface area contributed by atoms with Crippen LogP contribution in [-0.2, 0) is 17.1 Å². The molecule has 0 aromatic carbocycles. The molecule has 0 heterocycles. The van der Waals surface area contributed by atoms with Crippen molar-refractivity contribution in [3.8, 4) is 0 Å². The number of hydrogen-bond donors (Lipinski definition) is 1. The van der Waals surface area contributed by atoms with Crippen LogP contribution in [0.2, 0.25) is 0 Å². The maximum atomic E-state index is 4.45. The van der Waals surface area contributed by atoms with Crippen LogP contribution in [0.5, 0.6) is 0 Å². The molecule has 13 heavy (non-hydrogen) atoms. The van der Waals surface area contributed by atoms with E-state index in [2.05, 4.69) is 38.0 Å². The van der Waals surface area contributed by atoms with E-state index in [0.717, 1.165) is 5.96 Å². The van der Waals surface area contributed by atoms with Gasteiger partial charge in [0, 0.05) is 26.2 Å². The maximum Gasteiger partial charge on any atom is 1.00 e. The van der Waals surface area contributed by atoms with E-state index >= 15 is 0 Å². The van der Waals surface area contributed by atoms with Gasteiger partial charge in [-0.05, 0) is 27.7 Å². The molecule has 0 radical (unpaired) electrons. The van der Waals surface area contributed by atoms with Crippen LogP contribution in [0.4, 0.5) is 0 Å². The maximum absolute atomic E-state index is 4.45. The Balaban J connectivity index is 0. The van der Waals surface area contributed by atoms with Crippen molar-refractivity contribution in [3.05, 3.63) is 0 Å². The van der Waals surface area contributed by atoms with Crippen LogP contribution >= 0.6 is 0 Å². The molecule has 0 aliphatic carbocycles. The van der Waals surface area contributed by atoms with E-state index in [1.54, 1.807) is 0 Å². The Labute approximate surface area is 92.5 Å². The van der Waals surface area contributed by atoms with Crippen molar-refractivity contribution in [2.45, 2.75) is 39.8 Å². The summed E-state index contributed by atoms with van der Waals surface area (Å²) in [6, 6.07) is 0.776. The predicted octanol–water partition coefficient (Wildman–Crippen LogP) is 1.31. The van der Waals surface area contributed by atoms with Gasteiger partial charge in [-0.25, -0.2) is 0 Å².